The average Bonchev–Trinajstić information content (AvgIpc) is 3.32. The van der Waals surface area contributed by atoms with E-state index in [9.17, 15) is 4.79 Å². The Morgan fingerprint density at radius 1 is 1.15 bits per heavy atom. The lowest BCUT2D eigenvalue weighted by Crippen LogP contribution is -2.53. The molecular formula is C21H29ClN2OS. The molecule has 1 aromatic heterocycles. The fourth-order valence-corrected chi connectivity index (χ4v) is 5.42. The summed E-state index contributed by atoms with van der Waals surface area (Å²) in [6.07, 6.45) is 8.15. The Kier molecular flexibility index (Phi) is 6.60. The molecule has 0 spiro atoms. The van der Waals surface area contributed by atoms with E-state index in [1.807, 2.05) is 7.05 Å². The van der Waals surface area contributed by atoms with Gasteiger partial charge in [-0.3, -0.25) is 9.69 Å². The van der Waals surface area contributed by atoms with Crippen LogP contribution in [0.25, 0.3) is 10.1 Å². The molecule has 2 fully saturated rings. The van der Waals surface area contributed by atoms with Crippen molar-refractivity contribution in [3.63, 3.8) is 0 Å². The number of hydrogen-bond donors (Lipinski definition) is 0. The summed E-state index contributed by atoms with van der Waals surface area (Å²) in [5, 5.41) is 3.37. The summed E-state index contributed by atoms with van der Waals surface area (Å²) >= 11 is 1.76. The van der Waals surface area contributed by atoms with Crippen LogP contribution in [0.2, 0.25) is 0 Å². The van der Waals surface area contributed by atoms with E-state index >= 15 is 0 Å². The van der Waals surface area contributed by atoms with Crippen LogP contribution in [0.5, 0.6) is 0 Å². The van der Waals surface area contributed by atoms with E-state index < -0.39 is 0 Å². The average molecular weight is 393 g/mol. The smallest absolute Gasteiger partial charge is 0.227 e. The molecule has 0 bridgehead atoms. The zero-order valence-electron chi connectivity index (χ0n) is 15.5. The Bertz CT molecular complexity index is 740. The first-order chi connectivity index (χ1) is 12.2. The number of amides is 1. The highest BCUT2D eigenvalue weighted by atomic mass is 35.5. The van der Waals surface area contributed by atoms with Crippen molar-refractivity contribution in [3.8, 4) is 0 Å². The number of rotatable bonds is 4. The fraction of sp³-hybridized carbons (Fsp3) is 0.571. The number of carbonyl (C=O) groups excluding carboxylic acids is 1. The lowest BCUT2D eigenvalue weighted by molar-refractivity contribution is -0.133. The normalized spacial score (nSPS) is 23.7. The van der Waals surface area contributed by atoms with Gasteiger partial charge in [-0.2, -0.15) is 0 Å². The maximum Gasteiger partial charge on any atom is 0.227 e. The number of likely N-dealkylation sites (N-methyl/N-ethyl adjacent to an activating group) is 1. The van der Waals surface area contributed by atoms with E-state index in [4.69, 9.17) is 0 Å². The van der Waals surface area contributed by atoms with Crippen molar-refractivity contribution in [3.05, 3.63) is 35.2 Å². The first kappa shape index (κ1) is 19.7. The Labute approximate surface area is 166 Å². The summed E-state index contributed by atoms with van der Waals surface area (Å²) in [6.45, 7) is 2.44. The third-order valence-corrected chi connectivity index (χ3v) is 6.96. The van der Waals surface area contributed by atoms with E-state index in [0.717, 1.165) is 12.0 Å². The van der Waals surface area contributed by atoms with Gasteiger partial charge in [0.15, 0.2) is 0 Å². The van der Waals surface area contributed by atoms with Gasteiger partial charge in [0.2, 0.25) is 5.91 Å². The van der Waals surface area contributed by atoms with E-state index in [2.05, 4.69) is 39.4 Å². The maximum atomic E-state index is 13.0. The number of halogens is 1. The number of fused-ring (bicyclic) bond motifs is 1. The number of nitrogens with zero attached hydrogens (tertiary/aromatic N) is 2. The monoisotopic (exact) mass is 392 g/mol. The van der Waals surface area contributed by atoms with Crippen molar-refractivity contribution < 1.29 is 4.79 Å². The van der Waals surface area contributed by atoms with Gasteiger partial charge in [-0.15, -0.1) is 23.7 Å². The highest BCUT2D eigenvalue weighted by Crippen LogP contribution is 2.29. The van der Waals surface area contributed by atoms with Crippen molar-refractivity contribution in [2.24, 2.45) is 0 Å². The Morgan fingerprint density at radius 3 is 2.73 bits per heavy atom. The zero-order chi connectivity index (χ0) is 17.2. The SMILES string of the molecule is CN(C(=O)Cc1ccc2sccc2c1)[C@@H]1CCCC[C@H]1N1CCCC1.Cl. The van der Waals surface area contributed by atoms with Gasteiger partial charge in [0.05, 0.1) is 6.42 Å². The molecule has 1 aromatic carbocycles. The maximum absolute atomic E-state index is 13.0. The Balaban J connectivity index is 0.00000196. The predicted octanol–water partition coefficient (Wildman–Crippen LogP) is 4.73. The molecule has 0 radical (unpaired) electrons. The van der Waals surface area contributed by atoms with Crippen LogP contribution in [-0.2, 0) is 11.2 Å². The number of hydrogen-bond acceptors (Lipinski definition) is 3. The Hall–Kier alpha value is -1.10. The summed E-state index contributed by atoms with van der Waals surface area (Å²) in [7, 11) is 2.03. The van der Waals surface area contributed by atoms with Gasteiger partial charge < -0.3 is 4.90 Å². The van der Waals surface area contributed by atoms with Gasteiger partial charge >= 0.3 is 0 Å². The number of benzene rings is 1. The molecule has 1 aliphatic heterocycles. The molecule has 4 rings (SSSR count). The molecule has 5 heteroatoms. The standard InChI is InChI=1S/C21H28N2OS.ClH/c1-22(18-6-2-3-7-19(18)23-11-4-5-12-23)21(24)15-16-8-9-20-17(14-16)10-13-25-20;/h8-10,13-14,18-19H,2-7,11-12,15H2,1H3;1H/t18-,19-;/m1./s1. The molecule has 26 heavy (non-hydrogen) atoms. The van der Waals surface area contributed by atoms with Crippen LogP contribution in [0.3, 0.4) is 0 Å². The van der Waals surface area contributed by atoms with Crippen LogP contribution in [-0.4, -0.2) is 47.9 Å². The van der Waals surface area contributed by atoms with E-state index in [-0.39, 0.29) is 18.3 Å². The van der Waals surface area contributed by atoms with Gasteiger partial charge in [0.25, 0.3) is 0 Å². The summed E-state index contributed by atoms with van der Waals surface area (Å²) in [4.78, 5) is 17.7. The molecular weight excluding hydrogens is 364 g/mol. The molecule has 0 unspecified atom stereocenters. The molecule has 1 saturated heterocycles. The summed E-state index contributed by atoms with van der Waals surface area (Å²) < 4.78 is 1.30. The van der Waals surface area contributed by atoms with Crippen LogP contribution in [0, 0.1) is 0 Å². The topological polar surface area (TPSA) is 23.6 Å². The molecule has 2 aliphatic rings. The fourth-order valence-electron chi connectivity index (χ4n) is 4.65. The minimum atomic E-state index is 0. The summed E-state index contributed by atoms with van der Waals surface area (Å²) in [5.41, 5.74) is 1.14. The molecule has 3 nitrogen and oxygen atoms in total. The van der Waals surface area contributed by atoms with E-state index in [1.165, 1.54) is 55.3 Å². The predicted molar refractivity (Wildman–Crippen MR) is 112 cm³/mol. The van der Waals surface area contributed by atoms with Crippen molar-refractivity contribution in [1.82, 2.24) is 9.80 Å². The highest BCUT2D eigenvalue weighted by molar-refractivity contribution is 7.17. The molecule has 0 N–H and O–H groups in total. The third kappa shape index (κ3) is 4.08. The molecule has 1 amide bonds. The number of carbonyl (C=O) groups is 1. The second-order valence-corrected chi connectivity index (χ2v) is 8.58. The second-order valence-electron chi connectivity index (χ2n) is 7.64. The van der Waals surface area contributed by atoms with E-state index in [0.29, 0.717) is 18.5 Å². The van der Waals surface area contributed by atoms with Gasteiger partial charge in [0.1, 0.15) is 0 Å². The zero-order valence-corrected chi connectivity index (χ0v) is 17.2. The highest BCUT2D eigenvalue weighted by Gasteiger charge is 2.35. The largest absolute Gasteiger partial charge is 0.341 e. The Morgan fingerprint density at radius 2 is 1.92 bits per heavy atom. The summed E-state index contributed by atoms with van der Waals surface area (Å²) in [5.74, 6) is 0.269. The molecule has 142 valence electrons. The number of likely N-dealkylation sites (tertiary alicyclic amines) is 1. The molecule has 1 saturated carbocycles. The summed E-state index contributed by atoms with van der Waals surface area (Å²) in [6, 6.07) is 9.55. The molecule has 1 aliphatic carbocycles. The van der Waals surface area contributed by atoms with Gasteiger partial charge in [-0.05, 0) is 73.3 Å². The second kappa shape index (κ2) is 8.73. The van der Waals surface area contributed by atoms with Gasteiger partial charge in [-0.25, -0.2) is 0 Å². The first-order valence-electron chi connectivity index (χ1n) is 9.68. The van der Waals surface area contributed by atoms with Crippen LogP contribution < -0.4 is 0 Å². The minimum absolute atomic E-state index is 0. The molecule has 2 heterocycles. The van der Waals surface area contributed by atoms with E-state index in [1.54, 1.807) is 11.3 Å². The van der Waals surface area contributed by atoms with Crippen molar-refractivity contribution in [1.29, 1.82) is 0 Å². The first-order valence-corrected chi connectivity index (χ1v) is 10.6. The van der Waals surface area contributed by atoms with Crippen LogP contribution in [0.1, 0.15) is 44.1 Å². The number of thiophene rings is 1. The third-order valence-electron chi connectivity index (χ3n) is 6.07. The molecule has 2 atom stereocenters. The van der Waals surface area contributed by atoms with Gasteiger partial charge in [0, 0.05) is 23.8 Å². The lowest BCUT2D eigenvalue weighted by Gasteiger charge is -2.42. The van der Waals surface area contributed by atoms with Crippen LogP contribution in [0.15, 0.2) is 29.6 Å². The van der Waals surface area contributed by atoms with Crippen molar-refractivity contribution in [2.45, 2.75) is 57.0 Å². The van der Waals surface area contributed by atoms with Gasteiger partial charge in [-0.1, -0.05) is 18.9 Å². The van der Waals surface area contributed by atoms with Crippen molar-refractivity contribution >= 4 is 39.7 Å². The lowest BCUT2D eigenvalue weighted by atomic mass is 9.88. The van der Waals surface area contributed by atoms with Crippen molar-refractivity contribution in [2.75, 3.05) is 20.1 Å². The minimum Gasteiger partial charge on any atom is -0.341 e. The quantitative estimate of drug-likeness (QED) is 0.750. The van der Waals surface area contributed by atoms with Crippen LogP contribution >= 0.6 is 23.7 Å². The molecule has 2 aromatic rings. The van der Waals surface area contributed by atoms with Crippen LogP contribution in [0.4, 0.5) is 0 Å².